The van der Waals surface area contributed by atoms with E-state index in [1.165, 1.54) is 6.07 Å². The van der Waals surface area contributed by atoms with E-state index in [0.29, 0.717) is 5.56 Å². The van der Waals surface area contributed by atoms with Gasteiger partial charge in [-0.2, -0.15) is 13.2 Å². The largest absolute Gasteiger partial charge is 0.416 e. The van der Waals surface area contributed by atoms with Crippen LogP contribution in [-0.2, 0) is 11.0 Å². The summed E-state index contributed by atoms with van der Waals surface area (Å²) in [7, 11) is 0. The Morgan fingerprint density at radius 3 is 2.52 bits per heavy atom. The van der Waals surface area contributed by atoms with Gasteiger partial charge in [-0.1, -0.05) is 19.1 Å². The minimum Gasteiger partial charge on any atom is -0.350 e. The molecule has 0 heterocycles. The molecule has 0 radical (unpaired) electrons. The van der Waals surface area contributed by atoms with Crippen LogP contribution in [0.2, 0.25) is 0 Å². The third-order valence-corrected chi connectivity index (χ3v) is 3.14. The van der Waals surface area contributed by atoms with Crippen molar-refractivity contribution in [2.45, 2.75) is 45.5 Å². The number of carbonyl (C=O) groups is 1. The third kappa shape index (κ3) is 5.75. The van der Waals surface area contributed by atoms with Gasteiger partial charge in [-0.05, 0) is 38.1 Å². The maximum absolute atomic E-state index is 12.7. The third-order valence-electron chi connectivity index (χ3n) is 3.14. The van der Waals surface area contributed by atoms with E-state index in [0.717, 1.165) is 18.7 Å². The lowest BCUT2D eigenvalue weighted by Crippen LogP contribution is -2.34. The van der Waals surface area contributed by atoms with Crippen LogP contribution in [-0.4, -0.2) is 18.5 Å². The molecule has 0 aliphatic heterocycles. The van der Waals surface area contributed by atoms with Crippen LogP contribution in [0.3, 0.4) is 0 Å². The van der Waals surface area contributed by atoms with E-state index in [1.807, 2.05) is 13.8 Å². The first-order valence-corrected chi connectivity index (χ1v) is 6.94. The summed E-state index contributed by atoms with van der Waals surface area (Å²) >= 11 is 0. The van der Waals surface area contributed by atoms with Gasteiger partial charge in [0, 0.05) is 12.5 Å². The first-order chi connectivity index (χ1) is 9.74. The fourth-order valence-electron chi connectivity index (χ4n) is 2.07. The number of carbonyl (C=O) groups excluding carboxylic acids is 1. The minimum atomic E-state index is -4.38. The summed E-state index contributed by atoms with van der Waals surface area (Å²) in [4.78, 5) is 11.8. The van der Waals surface area contributed by atoms with Crippen molar-refractivity contribution < 1.29 is 18.0 Å². The van der Waals surface area contributed by atoms with Gasteiger partial charge in [0.25, 0.3) is 0 Å². The zero-order valence-electron chi connectivity index (χ0n) is 12.4. The highest BCUT2D eigenvalue weighted by atomic mass is 19.4. The van der Waals surface area contributed by atoms with Crippen molar-refractivity contribution in [3.8, 4) is 0 Å². The molecule has 1 rings (SSSR count). The molecule has 3 nitrogen and oxygen atoms in total. The van der Waals surface area contributed by atoms with E-state index in [1.54, 1.807) is 13.0 Å². The second-order valence-corrected chi connectivity index (χ2v) is 5.08. The van der Waals surface area contributed by atoms with Crippen molar-refractivity contribution in [1.29, 1.82) is 0 Å². The van der Waals surface area contributed by atoms with E-state index in [4.69, 9.17) is 0 Å². The fraction of sp³-hybridized carbons (Fsp3) is 0.533. The van der Waals surface area contributed by atoms with Crippen LogP contribution in [0.5, 0.6) is 0 Å². The topological polar surface area (TPSA) is 41.1 Å². The Labute approximate surface area is 122 Å². The number of alkyl halides is 3. The normalized spacial score (nSPS) is 14.6. The summed E-state index contributed by atoms with van der Waals surface area (Å²) in [5.74, 6) is -0.187. The van der Waals surface area contributed by atoms with Gasteiger partial charge in [0.2, 0.25) is 5.91 Å². The van der Waals surface area contributed by atoms with Gasteiger partial charge in [0.15, 0.2) is 0 Å². The van der Waals surface area contributed by atoms with E-state index < -0.39 is 17.8 Å². The zero-order valence-corrected chi connectivity index (χ0v) is 12.4. The molecule has 0 saturated heterocycles. The first kappa shape index (κ1) is 17.5. The SMILES string of the molecule is CCNC(C)CC(=O)NC(C)c1cccc(C(F)(F)F)c1. The number of halogens is 3. The molecule has 118 valence electrons. The second kappa shape index (κ2) is 7.45. The monoisotopic (exact) mass is 302 g/mol. The summed E-state index contributed by atoms with van der Waals surface area (Å²) in [5, 5.41) is 5.83. The van der Waals surface area contributed by atoms with Crippen LogP contribution in [0.15, 0.2) is 24.3 Å². The van der Waals surface area contributed by atoms with Crippen LogP contribution in [0.4, 0.5) is 13.2 Å². The van der Waals surface area contributed by atoms with Crippen molar-refractivity contribution in [3.63, 3.8) is 0 Å². The molecule has 0 fully saturated rings. The molecule has 6 heteroatoms. The molecule has 0 aromatic heterocycles. The lowest BCUT2D eigenvalue weighted by Gasteiger charge is -2.18. The van der Waals surface area contributed by atoms with E-state index in [2.05, 4.69) is 10.6 Å². The molecule has 0 bridgehead atoms. The highest BCUT2D eigenvalue weighted by molar-refractivity contribution is 5.77. The summed E-state index contributed by atoms with van der Waals surface area (Å²) in [6.07, 6.45) is -4.09. The predicted octanol–water partition coefficient (Wildman–Crippen LogP) is 3.27. The molecular formula is C15H21F3N2O. The van der Waals surface area contributed by atoms with Crippen molar-refractivity contribution in [2.24, 2.45) is 0 Å². The minimum absolute atomic E-state index is 0.0312. The number of benzene rings is 1. The number of amides is 1. The highest BCUT2D eigenvalue weighted by Crippen LogP contribution is 2.30. The van der Waals surface area contributed by atoms with E-state index >= 15 is 0 Å². The lowest BCUT2D eigenvalue weighted by molar-refractivity contribution is -0.137. The fourth-order valence-corrected chi connectivity index (χ4v) is 2.07. The standard InChI is InChI=1S/C15H21F3N2O/c1-4-19-10(2)8-14(21)20-11(3)12-6-5-7-13(9-12)15(16,17)18/h5-7,9-11,19H,4,8H2,1-3H3,(H,20,21). The molecule has 0 saturated carbocycles. The smallest absolute Gasteiger partial charge is 0.350 e. The number of rotatable bonds is 6. The highest BCUT2D eigenvalue weighted by Gasteiger charge is 2.30. The van der Waals surface area contributed by atoms with Crippen LogP contribution >= 0.6 is 0 Å². The molecule has 2 N–H and O–H groups in total. The quantitative estimate of drug-likeness (QED) is 0.847. The maximum Gasteiger partial charge on any atom is 0.416 e. The van der Waals surface area contributed by atoms with E-state index in [-0.39, 0.29) is 18.4 Å². The Morgan fingerprint density at radius 2 is 1.95 bits per heavy atom. The molecule has 0 aliphatic rings. The van der Waals surface area contributed by atoms with Gasteiger partial charge in [0.05, 0.1) is 11.6 Å². The Kier molecular flexibility index (Phi) is 6.20. The molecule has 0 spiro atoms. The predicted molar refractivity (Wildman–Crippen MR) is 75.8 cm³/mol. The van der Waals surface area contributed by atoms with Crippen LogP contribution in [0.25, 0.3) is 0 Å². The molecule has 2 unspecified atom stereocenters. The molecule has 1 aromatic rings. The lowest BCUT2D eigenvalue weighted by atomic mass is 10.0. The summed E-state index contributed by atoms with van der Waals surface area (Å²) in [6, 6.07) is 4.58. The number of nitrogens with one attached hydrogen (secondary N) is 2. The average Bonchev–Trinajstić information content (AvgIpc) is 2.37. The van der Waals surface area contributed by atoms with Gasteiger partial charge in [0.1, 0.15) is 0 Å². The molecule has 0 aliphatic carbocycles. The number of hydrogen-bond acceptors (Lipinski definition) is 2. The van der Waals surface area contributed by atoms with Crippen molar-refractivity contribution in [3.05, 3.63) is 35.4 Å². The van der Waals surface area contributed by atoms with E-state index in [9.17, 15) is 18.0 Å². The Morgan fingerprint density at radius 1 is 1.29 bits per heavy atom. The Bertz CT molecular complexity index is 474. The van der Waals surface area contributed by atoms with Gasteiger partial charge >= 0.3 is 6.18 Å². The maximum atomic E-state index is 12.7. The van der Waals surface area contributed by atoms with Gasteiger partial charge in [-0.3, -0.25) is 4.79 Å². The first-order valence-electron chi connectivity index (χ1n) is 6.94. The average molecular weight is 302 g/mol. The zero-order chi connectivity index (χ0) is 16.0. The molecular weight excluding hydrogens is 281 g/mol. The Hall–Kier alpha value is -1.56. The van der Waals surface area contributed by atoms with Crippen LogP contribution < -0.4 is 10.6 Å². The molecule has 1 aromatic carbocycles. The van der Waals surface area contributed by atoms with Crippen molar-refractivity contribution in [1.82, 2.24) is 10.6 Å². The van der Waals surface area contributed by atoms with Gasteiger partial charge in [-0.15, -0.1) is 0 Å². The summed E-state index contributed by atoms with van der Waals surface area (Å²) in [6.45, 7) is 6.26. The molecule has 2 atom stereocenters. The van der Waals surface area contributed by atoms with Crippen LogP contribution in [0, 0.1) is 0 Å². The Balaban J connectivity index is 2.67. The molecule has 1 amide bonds. The van der Waals surface area contributed by atoms with Crippen molar-refractivity contribution in [2.75, 3.05) is 6.54 Å². The van der Waals surface area contributed by atoms with Crippen molar-refractivity contribution >= 4 is 5.91 Å². The van der Waals surface area contributed by atoms with Gasteiger partial charge in [-0.25, -0.2) is 0 Å². The second-order valence-electron chi connectivity index (χ2n) is 5.08. The van der Waals surface area contributed by atoms with Crippen LogP contribution in [0.1, 0.15) is 44.4 Å². The van der Waals surface area contributed by atoms with Gasteiger partial charge < -0.3 is 10.6 Å². The molecule has 21 heavy (non-hydrogen) atoms. The summed E-state index contributed by atoms with van der Waals surface area (Å²) < 4.78 is 38.0. The summed E-state index contributed by atoms with van der Waals surface area (Å²) in [5.41, 5.74) is -0.267. The number of hydrogen-bond donors (Lipinski definition) is 2.